The summed E-state index contributed by atoms with van der Waals surface area (Å²) in [6.45, 7) is 1.26. The lowest BCUT2D eigenvalue weighted by molar-refractivity contribution is -0.117. The van der Waals surface area contributed by atoms with Crippen molar-refractivity contribution in [2.75, 3.05) is 19.7 Å². The zero-order valence-electron chi connectivity index (χ0n) is 12.7. The molecule has 24 heavy (non-hydrogen) atoms. The number of carbonyl (C=O) groups excluding carboxylic acids is 1. The zero-order chi connectivity index (χ0) is 16.5. The minimum atomic E-state index is -0.436. The van der Waals surface area contributed by atoms with Crippen molar-refractivity contribution in [1.82, 2.24) is 26.1 Å². The molecule has 2 bridgehead atoms. The summed E-state index contributed by atoms with van der Waals surface area (Å²) in [5.74, 6) is 0.823. The summed E-state index contributed by atoms with van der Waals surface area (Å²) in [5, 5.41) is 7.60. The largest absolute Gasteiger partial charge is 0.476 e. The Morgan fingerprint density at radius 3 is 3.12 bits per heavy atom. The lowest BCUT2D eigenvalue weighted by Crippen LogP contribution is -2.32. The number of ether oxygens (including phenoxy) is 1. The summed E-state index contributed by atoms with van der Waals surface area (Å²) in [7, 11) is 0. The van der Waals surface area contributed by atoms with E-state index in [0.29, 0.717) is 48.3 Å². The maximum absolute atomic E-state index is 13.5. The van der Waals surface area contributed by atoms with E-state index in [2.05, 4.69) is 26.0 Å². The van der Waals surface area contributed by atoms with E-state index >= 15 is 0 Å². The van der Waals surface area contributed by atoms with E-state index in [1.54, 1.807) is 17.3 Å². The lowest BCUT2D eigenvalue weighted by Gasteiger charge is -2.20. The topological polar surface area (TPSA) is 90.9 Å². The highest BCUT2D eigenvalue weighted by molar-refractivity contribution is 5.98. The van der Waals surface area contributed by atoms with Gasteiger partial charge in [-0.15, -0.1) is 0 Å². The van der Waals surface area contributed by atoms with Crippen LogP contribution in [-0.4, -0.2) is 41.4 Å². The zero-order valence-corrected chi connectivity index (χ0v) is 12.7. The number of hydrogen-bond donors (Lipinski definition) is 3. The fourth-order valence-electron chi connectivity index (χ4n) is 2.62. The molecular formula is C15H15FN6O2. The number of rotatable bonds is 0. The van der Waals surface area contributed by atoms with Gasteiger partial charge in [-0.1, -0.05) is 0 Å². The monoisotopic (exact) mass is 330 g/mol. The highest BCUT2D eigenvalue weighted by Crippen LogP contribution is 2.21. The number of carbonyl (C=O) groups is 1. The van der Waals surface area contributed by atoms with Gasteiger partial charge in [0.2, 0.25) is 5.88 Å². The average molecular weight is 330 g/mol. The molecule has 0 spiro atoms. The molecule has 9 heteroatoms. The molecule has 0 fully saturated rings. The van der Waals surface area contributed by atoms with Crippen molar-refractivity contribution < 1.29 is 13.9 Å². The maximum atomic E-state index is 13.5. The van der Waals surface area contributed by atoms with Gasteiger partial charge < -0.3 is 15.4 Å². The Bertz CT molecular complexity index is 788. The molecule has 8 nitrogen and oxygen atoms in total. The van der Waals surface area contributed by atoms with E-state index in [-0.39, 0.29) is 12.5 Å². The first-order valence-electron chi connectivity index (χ1n) is 7.53. The van der Waals surface area contributed by atoms with Crippen LogP contribution in [0.2, 0.25) is 0 Å². The van der Waals surface area contributed by atoms with Gasteiger partial charge in [0.1, 0.15) is 18.3 Å². The van der Waals surface area contributed by atoms with Crippen molar-refractivity contribution in [2.45, 2.75) is 6.54 Å². The number of amides is 1. The molecule has 3 aliphatic rings. The minimum absolute atomic E-state index is 0.200. The van der Waals surface area contributed by atoms with Crippen molar-refractivity contribution in [3.63, 3.8) is 0 Å². The summed E-state index contributed by atoms with van der Waals surface area (Å²) < 4.78 is 19.0. The third kappa shape index (κ3) is 2.69. The van der Waals surface area contributed by atoms with E-state index in [1.807, 2.05) is 0 Å². The Labute approximate surface area is 137 Å². The van der Waals surface area contributed by atoms with Gasteiger partial charge in [0.25, 0.3) is 5.91 Å². The van der Waals surface area contributed by atoms with Crippen LogP contribution in [0.4, 0.5) is 4.39 Å². The standard InChI is InChI=1S/C15H15FN6O2/c16-10-5-9-6-18-12-1-3-22-13(21-12)11(8-20-22)14(23)17-2-4-24-15(9)19-7-10/h1,3,5,7,20H,2,4,6,8H2,(H,17,23)(H,18,21). The second-order valence-corrected chi connectivity index (χ2v) is 5.40. The molecule has 0 saturated carbocycles. The van der Waals surface area contributed by atoms with Crippen LogP contribution < -0.4 is 20.8 Å². The quantitative estimate of drug-likeness (QED) is 0.609. The van der Waals surface area contributed by atoms with E-state index in [0.717, 1.165) is 6.20 Å². The molecule has 0 aliphatic carbocycles. The highest BCUT2D eigenvalue weighted by atomic mass is 19.1. The van der Waals surface area contributed by atoms with Crippen LogP contribution in [0.1, 0.15) is 5.56 Å². The van der Waals surface area contributed by atoms with Crippen molar-refractivity contribution in [3.05, 3.63) is 47.3 Å². The summed E-state index contributed by atoms with van der Waals surface area (Å²) in [4.78, 5) is 20.7. The first kappa shape index (κ1) is 14.6. The van der Waals surface area contributed by atoms with E-state index in [1.165, 1.54) is 6.07 Å². The molecule has 0 saturated heterocycles. The summed E-state index contributed by atoms with van der Waals surface area (Å²) in [5.41, 5.74) is 4.20. The first-order valence-corrected chi connectivity index (χ1v) is 7.53. The fourth-order valence-corrected chi connectivity index (χ4v) is 2.62. The molecule has 1 aromatic rings. The fraction of sp³-hybridized carbons (Fsp3) is 0.267. The number of aliphatic imine (C=N–C) groups is 1. The first-order chi connectivity index (χ1) is 11.7. The van der Waals surface area contributed by atoms with Crippen LogP contribution in [0.5, 0.6) is 5.88 Å². The van der Waals surface area contributed by atoms with Crippen LogP contribution >= 0.6 is 0 Å². The van der Waals surface area contributed by atoms with Gasteiger partial charge in [-0.05, 0) is 12.1 Å². The van der Waals surface area contributed by atoms with E-state index < -0.39 is 5.82 Å². The number of amidine groups is 1. The number of hydrazine groups is 1. The smallest absolute Gasteiger partial charge is 0.252 e. The molecule has 0 unspecified atom stereocenters. The molecule has 0 atom stereocenters. The normalized spacial score (nSPS) is 20.0. The number of fused-ring (bicyclic) bond motifs is 1. The Balaban J connectivity index is 1.68. The highest BCUT2D eigenvalue weighted by Gasteiger charge is 2.28. The molecule has 3 aliphatic heterocycles. The molecular weight excluding hydrogens is 315 g/mol. The van der Waals surface area contributed by atoms with Crippen LogP contribution in [0.15, 0.2) is 40.9 Å². The van der Waals surface area contributed by atoms with Crippen LogP contribution in [0.25, 0.3) is 0 Å². The number of nitrogens with zero attached hydrogens (tertiary/aromatic N) is 3. The third-order valence-corrected chi connectivity index (χ3v) is 3.78. The van der Waals surface area contributed by atoms with Crippen molar-refractivity contribution in [1.29, 1.82) is 0 Å². The Morgan fingerprint density at radius 2 is 2.21 bits per heavy atom. The Kier molecular flexibility index (Phi) is 3.62. The second kappa shape index (κ2) is 5.93. The van der Waals surface area contributed by atoms with Gasteiger partial charge in [0.05, 0.1) is 18.3 Å². The van der Waals surface area contributed by atoms with Gasteiger partial charge in [-0.2, -0.15) is 0 Å². The van der Waals surface area contributed by atoms with Crippen LogP contribution in [0.3, 0.4) is 0 Å². The number of halogens is 1. The van der Waals surface area contributed by atoms with E-state index in [9.17, 15) is 9.18 Å². The van der Waals surface area contributed by atoms with Crippen molar-refractivity contribution in [3.8, 4) is 5.88 Å². The Morgan fingerprint density at radius 1 is 1.29 bits per heavy atom. The summed E-state index contributed by atoms with van der Waals surface area (Å²) >= 11 is 0. The summed E-state index contributed by atoms with van der Waals surface area (Å²) in [6, 6.07) is 1.37. The maximum Gasteiger partial charge on any atom is 0.252 e. The Hall–Kier alpha value is -2.94. The predicted molar refractivity (Wildman–Crippen MR) is 83.0 cm³/mol. The minimum Gasteiger partial charge on any atom is -0.476 e. The molecule has 4 heterocycles. The number of aromatic nitrogens is 1. The van der Waals surface area contributed by atoms with Gasteiger partial charge in [-0.3, -0.25) is 9.80 Å². The number of hydrogen-bond acceptors (Lipinski definition) is 7. The SMILES string of the molecule is O=C1NCCOc2ncc(F)cc2CNC2=NC3=C1CNN3C=C2. The number of nitrogens with one attached hydrogen (secondary N) is 3. The molecule has 124 valence electrons. The number of pyridine rings is 1. The van der Waals surface area contributed by atoms with Crippen molar-refractivity contribution in [2.24, 2.45) is 4.99 Å². The summed E-state index contributed by atoms with van der Waals surface area (Å²) in [6.07, 6.45) is 4.66. The molecule has 3 N–H and O–H groups in total. The van der Waals surface area contributed by atoms with Gasteiger partial charge in [-0.25, -0.2) is 19.8 Å². The molecule has 4 rings (SSSR count). The van der Waals surface area contributed by atoms with Gasteiger partial charge in [0.15, 0.2) is 5.82 Å². The molecule has 1 amide bonds. The molecule has 1 aromatic heterocycles. The van der Waals surface area contributed by atoms with E-state index in [4.69, 9.17) is 4.74 Å². The van der Waals surface area contributed by atoms with Crippen molar-refractivity contribution >= 4 is 11.7 Å². The molecule has 0 aromatic carbocycles. The molecule has 0 radical (unpaired) electrons. The van der Waals surface area contributed by atoms with Gasteiger partial charge in [0, 0.05) is 24.9 Å². The average Bonchev–Trinajstić information content (AvgIpc) is 3.00. The van der Waals surface area contributed by atoms with Gasteiger partial charge >= 0.3 is 0 Å². The van der Waals surface area contributed by atoms with Crippen LogP contribution in [0, 0.1) is 5.82 Å². The van der Waals surface area contributed by atoms with Crippen LogP contribution in [-0.2, 0) is 11.3 Å². The lowest BCUT2D eigenvalue weighted by atomic mass is 10.2. The predicted octanol–water partition coefficient (Wildman–Crippen LogP) is -0.224. The third-order valence-electron chi connectivity index (χ3n) is 3.78. The second-order valence-electron chi connectivity index (χ2n) is 5.40.